The van der Waals surface area contributed by atoms with Crippen LogP contribution in [0.5, 0.6) is 0 Å². The first-order chi connectivity index (χ1) is 7.72. The lowest BCUT2D eigenvalue weighted by Crippen LogP contribution is -2.36. The Hall–Kier alpha value is -0.970. The molecule has 0 aliphatic rings. The minimum absolute atomic E-state index is 0.0624. The third-order valence-corrected chi connectivity index (χ3v) is 2.58. The average molecular weight is 223 g/mol. The van der Waals surface area contributed by atoms with E-state index in [0.717, 1.165) is 19.5 Å². The van der Waals surface area contributed by atoms with Crippen molar-refractivity contribution in [3.8, 4) is 0 Å². The molecule has 1 aromatic rings. The molecular weight excluding hydrogens is 202 g/mol. The minimum Gasteiger partial charge on any atom is -0.396 e. The van der Waals surface area contributed by atoms with E-state index in [1.807, 2.05) is 24.5 Å². The number of aliphatic hydroxyl groups excluding tert-OH is 1. The molecule has 1 aromatic heterocycles. The van der Waals surface area contributed by atoms with Gasteiger partial charge in [0.15, 0.2) is 0 Å². The van der Waals surface area contributed by atoms with E-state index >= 15 is 0 Å². The van der Waals surface area contributed by atoms with Gasteiger partial charge in [-0.25, -0.2) is 0 Å². The van der Waals surface area contributed by atoms with E-state index in [0.29, 0.717) is 6.42 Å². The fraction of sp³-hybridized carbons (Fsp3) is 0.583. The molecule has 4 nitrogen and oxygen atoms in total. The summed E-state index contributed by atoms with van der Waals surface area (Å²) in [6.07, 6.45) is 5.30. The number of nitrogens with zero attached hydrogens (tertiary/aromatic N) is 2. The van der Waals surface area contributed by atoms with Crippen LogP contribution in [0.3, 0.4) is 0 Å². The standard InChI is InChI=1S/C12H21N3O/c1-15(10-12(13)5-9-16)8-4-11-2-6-14-7-3-11/h2-3,6-7,12,16H,4-5,8-10,13H2,1H3. The quantitative estimate of drug-likeness (QED) is 0.696. The van der Waals surface area contributed by atoms with Gasteiger partial charge in [0.1, 0.15) is 0 Å². The number of hydrogen-bond donors (Lipinski definition) is 2. The number of rotatable bonds is 7. The van der Waals surface area contributed by atoms with E-state index < -0.39 is 0 Å². The van der Waals surface area contributed by atoms with Crippen molar-refractivity contribution in [2.24, 2.45) is 5.73 Å². The maximum absolute atomic E-state index is 8.75. The third-order valence-electron chi connectivity index (χ3n) is 2.58. The molecule has 0 amide bonds. The fourth-order valence-corrected chi connectivity index (χ4v) is 1.62. The van der Waals surface area contributed by atoms with E-state index in [-0.39, 0.29) is 12.6 Å². The molecule has 0 saturated heterocycles. The van der Waals surface area contributed by atoms with Crippen LogP contribution < -0.4 is 5.73 Å². The van der Waals surface area contributed by atoms with Crippen molar-refractivity contribution >= 4 is 0 Å². The normalized spacial score (nSPS) is 13.0. The Morgan fingerprint density at radius 3 is 2.75 bits per heavy atom. The van der Waals surface area contributed by atoms with E-state index in [1.165, 1.54) is 5.56 Å². The summed E-state index contributed by atoms with van der Waals surface area (Å²) in [6, 6.07) is 4.12. The number of likely N-dealkylation sites (N-methyl/N-ethyl adjacent to an activating group) is 1. The number of aromatic nitrogens is 1. The van der Waals surface area contributed by atoms with E-state index in [1.54, 1.807) is 0 Å². The first-order valence-corrected chi connectivity index (χ1v) is 5.66. The summed E-state index contributed by atoms with van der Waals surface area (Å²) in [7, 11) is 2.05. The summed E-state index contributed by atoms with van der Waals surface area (Å²) in [4.78, 5) is 6.18. The largest absolute Gasteiger partial charge is 0.396 e. The Morgan fingerprint density at radius 1 is 1.44 bits per heavy atom. The fourth-order valence-electron chi connectivity index (χ4n) is 1.62. The second-order valence-corrected chi connectivity index (χ2v) is 4.14. The summed E-state index contributed by atoms with van der Waals surface area (Å²) in [5, 5.41) is 8.75. The number of aliphatic hydroxyl groups is 1. The Kier molecular flexibility index (Phi) is 6.00. The van der Waals surface area contributed by atoms with E-state index in [4.69, 9.17) is 10.8 Å². The molecule has 0 spiro atoms. The van der Waals surface area contributed by atoms with Crippen molar-refractivity contribution in [3.63, 3.8) is 0 Å². The minimum atomic E-state index is 0.0624. The van der Waals surface area contributed by atoms with Gasteiger partial charge in [-0.2, -0.15) is 0 Å². The zero-order valence-corrected chi connectivity index (χ0v) is 9.84. The lowest BCUT2D eigenvalue weighted by molar-refractivity contribution is 0.247. The van der Waals surface area contributed by atoms with Crippen molar-refractivity contribution in [1.82, 2.24) is 9.88 Å². The lowest BCUT2D eigenvalue weighted by atomic mass is 10.2. The van der Waals surface area contributed by atoms with Crippen molar-refractivity contribution in [2.75, 3.05) is 26.7 Å². The van der Waals surface area contributed by atoms with Crippen LogP contribution in [0.1, 0.15) is 12.0 Å². The number of hydrogen-bond acceptors (Lipinski definition) is 4. The number of nitrogens with two attached hydrogens (primary N) is 1. The second kappa shape index (κ2) is 7.33. The molecule has 1 atom stereocenters. The van der Waals surface area contributed by atoms with Gasteiger partial charge in [-0.15, -0.1) is 0 Å². The lowest BCUT2D eigenvalue weighted by Gasteiger charge is -2.20. The molecule has 4 heteroatoms. The Bertz CT molecular complexity index is 279. The first-order valence-electron chi connectivity index (χ1n) is 5.66. The molecule has 0 bridgehead atoms. The summed E-state index contributed by atoms with van der Waals surface area (Å²) in [6.45, 7) is 1.97. The molecule has 0 fully saturated rings. The zero-order valence-electron chi connectivity index (χ0n) is 9.84. The molecule has 90 valence electrons. The summed E-state index contributed by atoms with van der Waals surface area (Å²) in [5.41, 5.74) is 7.13. The molecule has 1 unspecified atom stereocenters. The molecule has 3 N–H and O–H groups in total. The van der Waals surface area contributed by atoms with Gasteiger partial charge >= 0.3 is 0 Å². The zero-order chi connectivity index (χ0) is 11.8. The van der Waals surface area contributed by atoms with Crippen LogP contribution in [-0.4, -0.2) is 47.8 Å². The van der Waals surface area contributed by atoms with Crippen LogP contribution in [0.2, 0.25) is 0 Å². The highest BCUT2D eigenvalue weighted by atomic mass is 16.3. The molecule has 0 radical (unpaired) electrons. The average Bonchev–Trinajstić information content (AvgIpc) is 2.28. The highest BCUT2D eigenvalue weighted by Crippen LogP contribution is 1.99. The Labute approximate surface area is 97.1 Å². The van der Waals surface area contributed by atoms with Crippen LogP contribution >= 0.6 is 0 Å². The van der Waals surface area contributed by atoms with E-state index in [9.17, 15) is 0 Å². The summed E-state index contributed by atoms with van der Waals surface area (Å²) in [5.74, 6) is 0. The third kappa shape index (κ3) is 5.21. The number of pyridine rings is 1. The molecule has 0 saturated carbocycles. The molecular formula is C12H21N3O. The topological polar surface area (TPSA) is 62.4 Å². The van der Waals surface area contributed by atoms with Crippen LogP contribution in [0.25, 0.3) is 0 Å². The van der Waals surface area contributed by atoms with Gasteiger partial charge in [0, 0.05) is 38.1 Å². The Balaban J connectivity index is 2.22. The highest BCUT2D eigenvalue weighted by molar-refractivity contribution is 5.09. The maximum Gasteiger partial charge on any atom is 0.0446 e. The van der Waals surface area contributed by atoms with Crippen molar-refractivity contribution in [2.45, 2.75) is 18.9 Å². The molecule has 0 aromatic carbocycles. The predicted octanol–water partition coefficient (Wildman–Crippen LogP) is 0.266. The summed E-state index contributed by atoms with van der Waals surface area (Å²) >= 11 is 0. The van der Waals surface area contributed by atoms with Crippen molar-refractivity contribution in [3.05, 3.63) is 30.1 Å². The molecule has 0 aliphatic carbocycles. The van der Waals surface area contributed by atoms with E-state index in [2.05, 4.69) is 16.9 Å². The Morgan fingerprint density at radius 2 is 2.12 bits per heavy atom. The van der Waals surface area contributed by atoms with Crippen LogP contribution in [0.15, 0.2) is 24.5 Å². The first kappa shape index (κ1) is 13.1. The molecule has 16 heavy (non-hydrogen) atoms. The second-order valence-electron chi connectivity index (χ2n) is 4.14. The SMILES string of the molecule is CN(CCc1ccncc1)CC(N)CCO. The monoisotopic (exact) mass is 223 g/mol. The van der Waals surface area contributed by atoms with Gasteiger partial charge in [0.05, 0.1) is 0 Å². The maximum atomic E-state index is 8.75. The van der Waals surface area contributed by atoms with Gasteiger partial charge in [-0.3, -0.25) is 4.98 Å². The molecule has 1 heterocycles. The van der Waals surface area contributed by atoms with Gasteiger partial charge < -0.3 is 15.7 Å². The van der Waals surface area contributed by atoms with Gasteiger partial charge in [0.2, 0.25) is 0 Å². The molecule has 1 rings (SSSR count). The highest BCUT2D eigenvalue weighted by Gasteiger charge is 2.06. The van der Waals surface area contributed by atoms with Crippen LogP contribution in [-0.2, 0) is 6.42 Å². The molecule has 0 aliphatic heterocycles. The smallest absolute Gasteiger partial charge is 0.0446 e. The van der Waals surface area contributed by atoms with Crippen LogP contribution in [0, 0.1) is 0 Å². The van der Waals surface area contributed by atoms with Gasteiger partial charge in [0.25, 0.3) is 0 Å². The van der Waals surface area contributed by atoms with Gasteiger partial charge in [-0.05, 0) is 37.6 Å². The summed E-state index contributed by atoms with van der Waals surface area (Å²) < 4.78 is 0. The van der Waals surface area contributed by atoms with Crippen LogP contribution in [0.4, 0.5) is 0 Å². The van der Waals surface area contributed by atoms with Crippen molar-refractivity contribution in [1.29, 1.82) is 0 Å². The predicted molar refractivity (Wildman–Crippen MR) is 65.1 cm³/mol. The van der Waals surface area contributed by atoms with Gasteiger partial charge in [-0.1, -0.05) is 0 Å². The van der Waals surface area contributed by atoms with Crippen molar-refractivity contribution < 1.29 is 5.11 Å².